The number of nitrogens with zero attached hydrogens (tertiary/aromatic N) is 3. The third kappa shape index (κ3) is 3.14. The van der Waals surface area contributed by atoms with Crippen molar-refractivity contribution in [3.05, 3.63) is 59.2 Å². The first kappa shape index (κ1) is 17.1. The van der Waals surface area contributed by atoms with Gasteiger partial charge >= 0.3 is 0 Å². The van der Waals surface area contributed by atoms with Gasteiger partial charge in [0.15, 0.2) is 11.1 Å². The smallest absolute Gasteiger partial charge is 0.200 e. The van der Waals surface area contributed by atoms with Crippen LogP contribution in [0.25, 0.3) is 11.0 Å². The second kappa shape index (κ2) is 6.67. The van der Waals surface area contributed by atoms with Gasteiger partial charge in [-0.3, -0.25) is 0 Å². The molecular weight excluding hydrogens is 360 g/mol. The third-order valence-corrected chi connectivity index (χ3v) is 5.78. The van der Waals surface area contributed by atoms with E-state index in [1.54, 1.807) is 25.2 Å². The van der Waals surface area contributed by atoms with E-state index in [2.05, 4.69) is 15.3 Å². The van der Waals surface area contributed by atoms with Crippen LogP contribution in [0.4, 0.5) is 5.82 Å². The number of aromatic nitrogens is 2. The number of nitrogens with one attached hydrogen (secondary N) is 1. The molecule has 1 aromatic heterocycles. The molecule has 8 heteroatoms. The van der Waals surface area contributed by atoms with Gasteiger partial charge < -0.3 is 5.32 Å². The predicted octanol–water partition coefficient (Wildman–Crippen LogP) is 3.36. The number of hydrogen-bond acceptors (Lipinski definition) is 6. The van der Waals surface area contributed by atoms with Gasteiger partial charge in [-0.25, -0.2) is 18.4 Å². The fourth-order valence-corrected chi connectivity index (χ4v) is 3.93. The molecule has 0 bridgehead atoms. The van der Waals surface area contributed by atoms with E-state index in [-0.39, 0.29) is 16.4 Å². The fraction of sp³-hybridized carbons (Fsp3) is 0.118. The van der Waals surface area contributed by atoms with Gasteiger partial charge in [-0.15, -0.1) is 0 Å². The molecule has 1 atom stereocenters. The summed E-state index contributed by atoms with van der Waals surface area (Å²) < 4.78 is 25.8. The molecule has 25 heavy (non-hydrogen) atoms. The lowest BCUT2D eigenvalue weighted by molar-refractivity contribution is 0.590. The van der Waals surface area contributed by atoms with Crippen molar-refractivity contribution in [2.24, 2.45) is 0 Å². The number of benzene rings is 2. The van der Waals surface area contributed by atoms with Crippen molar-refractivity contribution in [3.8, 4) is 6.07 Å². The van der Waals surface area contributed by atoms with Crippen molar-refractivity contribution < 1.29 is 8.42 Å². The molecule has 3 aromatic rings. The Labute approximate surface area is 150 Å². The lowest BCUT2D eigenvalue weighted by Gasteiger charge is -2.14. The quantitative estimate of drug-likeness (QED) is 0.754. The van der Waals surface area contributed by atoms with Crippen LogP contribution in [0.15, 0.2) is 53.4 Å². The van der Waals surface area contributed by atoms with E-state index in [0.29, 0.717) is 16.1 Å². The summed E-state index contributed by atoms with van der Waals surface area (Å²) in [5.41, 5.74) is 1.19. The van der Waals surface area contributed by atoms with E-state index < -0.39 is 15.1 Å². The van der Waals surface area contributed by atoms with Gasteiger partial charge in [-0.05, 0) is 36.4 Å². The summed E-state index contributed by atoms with van der Waals surface area (Å²) in [5.74, 6) is 0.253. The molecule has 1 heterocycles. The van der Waals surface area contributed by atoms with Gasteiger partial charge in [0.2, 0.25) is 9.84 Å². The van der Waals surface area contributed by atoms with Crippen LogP contribution in [0, 0.1) is 11.3 Å². The van der Waals surface area contributed by atoms with Crippen LogP contribution < -0.4 is 5.32 Å². The van der Waals surface area contributed by atoms with Crippen molar-refractivity contribution in [2.45, 2.75) is 10.1 Å². The average molecular weight is 373 g/mol. The SMILES string of the molecule is CNc1nc2ccccc2nc1[C@H](C#N)S(=O)(=O)c1ccc(Cl)cc1. The summed E-state index contributed by atoms with van der Waals surface area (Å²) in [6, 6.07) is 14.6. The minimum Gasteiger partial charge on any atom is -0.372 e. The predicted molar refractivity (Wildman–Crippen MR) is 96.1 cm³/mol. The lowest BCUT2D eigenvalue weighted by atomic mass is 10.2. The van der Waals surface area contributed by atoms with Crippen molar-refractivity contribution in [2.75, 3.05) is 12.4 Å². The van der Waals surface area contributed by atoms with Crippen LogP contribution >= 0.6 is 11.6 Å². The Morgan fingerprint density at radius 1 is 1.08 bits per heavy atom. The molecule has 0 fully saturated rings. The summed E-state index contributed by atoms with van der Waals surface area (Å²) in [5, 5.41) is 11.3. The zero-order chi connectivity index (χ0) is 18.0. The van der Waals surface area contributed by atoms with E-state index >= 15 is 0 Å². The van der Waals surface area contributed by atoms with Gasteiger partial charge in [-0.1, -0.05) is 23.7 Å². The van der Waals surface area contributed by atoms with Crippen LogP contribution in [-0.2, 0) is 9.84 Å². The molecule has 0 saturated carbocycles. The number of fused-ring (bicyclic) bond motifs is 1. The largest absolute Gasteiger partial charge is 0.372 e. The number of halogens is 1. The third-order valence-electron chi connectivity index (χ3n) is 3.65. The molecule has 2 aromatic carbocycles. The zero-order valence-corrected chi connectivity index (χ0v) is 14.7. The van der Waals surface area contributed by atoms with Crippen molar-refractivity contribution >= 4 is 38.3 Å². The lowest BCUT2D eigenvalue weighted by Crippen LogP contribution is -2.16. The maximum absolute atomic E-state index is 12.9. The highest BCUT2D eigenvalue weighted by Crippen LogP contribution is 2.32. The van der Waals surface area contributed by atoms with Crippen LogP contribution in [0.5, 0.6) is 0 Å². The van der Waals surface area contributed by atoms with E-state index in [1.807, 2.05) is 12.1 Å². The standard InChI is InChI=1S/C17H13ClN4O2S/c1-20-17-16(21-13-4-2-3-5-14(13)22-17)15(10-19)25(23,24)12-8-6-11(18)7-9-12/h2-9,15H,1H3,(H,20,22)/t15-/m0/s1. The number of anilines is 1. The monoisotopic (exact) mass is 372 g/mol. The number of hydrogen-bond donors (Lipinski definition) is 1. The maximum Gasteiger partial charge on any atom is 0.200 e. The molecule has 0 aliphatic carbocycles. The van der Waals surface area contributed by atoms with E-state index in [1.165, 1.54) is 24.3 Å². The first-order valence-electron chi connectivity index (χ1n) is 7.31. The highest BCUT2D eigenvalue weighted by Gasteiger charge is 2.33. The number of rotatable bonds is 4. The number of para-hydroxylation sites is 2. The molecule has 1 N–H and O–H groups in total. The Morgan fingerprint density at radius 3 is 2.24 bits per heavy atom. The molecule has 0 aliphatic rings. The van der Waals surface area contributed by atoms with Gasteiger partial charge in [0, 0.05) is 12.1 Å². The molecule has 0 spiro atoms. The molecule has 6 nitrogen and oxygen atoms in total. The molecule has 0 radical (unpaired) electrons. The van der Waals surface area contributed by atoms with Gasteiger partial charge in [0.25, 0.3) is 0 Å². The molecule has 0 aliphatic heterocycles. The Bertz CT molecular complexity index is 1080. The van der Waals surface area contributed by atoms with Gasteiger partial charge in [0.1, 0.15) is 5.69 Å². The van der Waals surface area contributed by atoms with Crippen LogP contribution in [-0.4, -0.2) is 25.4 Å². The van der Waals surface area contributed by atoms with Crippen molar-refractivity contribution in [1.29, 1.82) is 5.26 Å². The molecule has 0 saturated heterocycles. The highest BCUT2D eigenvalue weighted by atomic mass is 35.5. The minimum atomic E-state index is -3.98. The molecular formula is C17H13ClN4O2S. The molecule has 0 unspecified atom stereocenters. The van der Waals surface area contributed by atoms with Crippen LogP contribution in [0.3, 0.4) is 0 Å². The second-order valence-electron chi connectivity index (χ2n) is 5.20. The second-order valence-corrected chi connectivity index (χ2v) is 7.67. The van der Waals surface area contributed by atoms with Gasteiger partial charge in [0.05, 0.1) is 22.0 Å². The maximum atomic E-state index is 12.9. The summed E-state index contributed by atoms with van der Waals surface area (Å²) in [7, 11) is -2.38. The van der Waals surface area contributed by atoms with Crippen molar-refractivity contribution in [1.82, 2.24) is 9.97 Å². The molecule has 126 valence electrons. The summed E-state index contributed by atoms with van der Waals surface area (Å²) >= 11 is 5.81. The Balaban J connectivity index is 2.20. The number of nitriles is 1. The van der Waals surface area contributed by atoms with Crippen molar-refractivity contribution in [3.63, 3.8) is 0 Å². The Hall–Kier alpha value is -2.69. The topological polar surface area (TPSA) is 95.7 Å². The Kier molecular flexibility index (Phi) is 4.57. The summed E-state index contributed by atoms with van der Waals surface area (Å²) in [6.45, 7) is 0. The van der Waals surface area contributed by atoms with E-state index in [0.717, 1.165) is 0 Å². The van der Waals surface area contributed by atoms with Crippen LogP contribution in [0.2, 0.25) is 5.02 Å². The first-order valence-corrected chi connectivity index (χ1v) is 9.23. The first-order chi connectivity index (χ1) is 12.0. The van der Waals surface area contributed by atoms with Crippen LogP contribution in [0.1, 0.15) is 10.9 Å². The normalized spacial score (nSPS) is 12.5. The summed E-state index contributed by atoms with van der Waals surface area (Å²) in [6.07, 6.45) is 0. The number of sulfone groups is 1. The van der Waals surface area contributed by atoms with Gasteiger partial charge in [-0.2, -0.15) is 5.26 Å². The summed E-state index contributed by atoms with van der Waals surface area (Å²) in [4.78, 5) is 8.75. The zero-order valence-electron chi connectivity index (χ0n) is 13.1. The fourth-order valence-electron chi connectivity index (χ4n) is 2.42. The Morgan fingerprint density at radius 2 is 1.68 bits per heavy atom. The highest BCUT2D eigenvalue weighted by molar-refractivity contribution is 7.92. The average Bonchev–Trinajstić information content (AvgIpc) is 2.62. The van der Waals surface area contributed by atoms with E-state index in [4.69, 9.17) is 11.6 Å². The molecule has 0 amide bonds. The minimum absolute atomic E-state index is 0.000427. The van der Waals surface area contributed by atoms with E-state index in [9.17, 15) is 13.7 Å². The molecule has 3 rings (SSSR count).